The molecule has 0 saturated heterocycles. The van der Waals surface area contributed by atoms with E-state index in [2.05, 4.69) is 180 Å². The maximum absolute atomic E-state index is 9.35. The lowest BCUT2D eigenvalue weighted by atomic mass is 9.75. The Morgan fingerprint density at radius 1 is 0.400 bits per heavy atom. The Labute approximate surface area is 300 Å². The number of allylic oxidation sites excluding steroid dienone is 2. The highest BCUT2D eigenvalue weighted by molar-refractivity contribution is 6.09. The first-order valence-electron chi connectivity index (χ1n) is 18.8. The molecule has 0 atom stereocenters. The lowest BCUT2D eigenvalue weighted by Crippen LogP contribution is -2.19. The second kappa shape index (κ2) is 10.8. The largest absolute Gasteiger partial charge is 0.310 e. The number of rotatable bonds is 5. The van der Waals surface area contributed by atoms with E-state index in [1.165, 1.54) is 55.7 Å². The van der Waals surface area contributed by atoms with Crippen LogP contribution in [0.5, 0.6) is 0 Å². The van der Waals surface area contributed by atoms with Crippen molar-refractivity contribution in [2.24, 2.45) is 0 Å². The lowest BCUT2D eigenvalue weighted by molar-refractivity contribution is 0.660. The van der Waals surface area contributed by atoms with Crippen molar-refractivity contribution in [3.8, 4) is 11.1 Å². The zero-order chi connectivity index (χ0) is 36.2. The van der Waals surface area contributed by atoms with Gasteiger partial charge in [0.2, 0.25) is 0 Å². The van der Waals surface area contributed by atoms with Gasteiger partial charge in [-0.2, -0.15) is 0 Å². The predicted molar refractivity (Wildman–Crippen MR) is 213 cm³/mol. The van der Waals surface area contributed by atoms with E-state index in [0.29, 0.717) is 0 Å². The van der Waals surface area contributed by atoms with Gasteiger partial charge in [-0.3, -0.25) is 0 Å². The van der Waals surface area contributed by atoms with Crippen LogP contribution in [0, 0.1) is 0 Å². The van der Waals surface area contributed by atoms with Crippen LogP contribution in [0.1, 0.15) is 88.8 Å². The summed E-state index contributed by atoms with van der Waals surface area (Å²) in [5, 5.41) is 0. The SMILES string of the molecule is [2H]/C(=C(/[2H])c1ccc2c(c1)C(C)(C)c1cc(N(c3ccccc3)c3ccccc3)ccc1-2)c1ccc2c(c1)C(C)(C)C1=C2C(C)(C)c2ccccc21. The summed E-state index contributed by atoms with van der Waals surface area (Å²) in [6, 6.07) is 50.0. The molecular formula is C49H43N. The normalized spacial score (nSPS) is 17.9. The molecule has 0 unspecified atom stereocenters. The number of fused-ring (bicyclic) bond motifs is 7. The number of benzene rings is 6. The zero-order valence-corrected chi connectivity index (χ0v) is 29.7. The molecule has 0 fully saturated rings. The quantitative estimate of drug-likeness (QED) is 0.168. The second-order valence-corrected chi connectivity index (χ2v) is 15.7. The van der Waals surface area contributed by atoms with Crippen molar-refractivity contribution >= 4 is 40.3 Å². The van der Waals surface area contributed by atoms with Crippen LogP contribution in [0.4, 0.5) is 17.1 Å². The summed E-state index contributed by atoms with van der Waals surface area (Å²) in [5.74, 6) is 0. The highest BCUT2D eigenvalue weighted by Gasteiger charge is 2.49. The average molecular weight is 648 g/mol. The van der Waals surface area contributed by atoms with Gasteiger partial charge in [-0.25, -0.2) is 0 Å². The molecule has 1 heteroatoms. The number of nitrogens with zero attached hydrogens (tertiary/aromatic N) is 1. The minimum Gasteiger partial charge on any atom is -0.310 e. The maximum Gasteiger partial charge on any atom is 0.0629 e. The summed E-state index contributed by atoms with van der Waals surface area (Å²) in [6.07, 6.45) is 0. The van der Waals surface area contributed by atoms with Crippen LogP contribution in [0.25, 0.3) is 34.4 Å². The number of anilines is 3. The molecule has 3 aliphatic carbocycles. The van der Waals surface area contributed by atoms with Gasteiger partial charge in [0.15, 0.2) is 0 Å². The fourth-order valence-corrected chi connectivity index (χ4v) is 9.13. The molecule has 0 radical (unpaired) electrons. The Hall–Kier alpha value is -5.40. The summed E-state index contributed by atoms with van der Waals surface area (Å²) in [5.41, 5.74) is 17.3. The smallest absolute Gasteiger partial charge is 0.0629 e. The van der Waals surface area contributed by atoms with Crippen molar-refractivity contribution in [2.45, 2.75) is 57.8 Å². The summed E-state index contributed by atoms with van der Waals surface area (Å²) < 4.78 is 18.7. The predicted octanol–water partition coefficient (Wildman–Crippen LogP) is 13.1. The van der Waals surface area contributed by atoms with Crippen LogP contribution < -0.4 is 4.90 Å². The average Bonchev–Trinajstić information content (AvgIpc) is 3.65. The Morgan fingerprint density at radius 3 is 1.44 bits per heavy atom. The molecule has 6 aromatic rings. The molecule has 0 N–H and O–H groups in total. The third-order valence-corrected chi connectivity index (χ3v) is 11.6. The van der Waals surface area contributed by atoms with Gasteiger partial charge in [-0.1, -0.05) is 157 Å². The van der Waals surface area contributed by atoms with Crippen molar-refractivity contribution in [1.29, 1.82) is 0 Å². The number of para-hydroxylation sites is 2. The topological polar surface area (TPSA) is 3.24 Å². The van der Waals surface area contributed by atoms with E-state index < -0.39 is 0 Å². The second-order valence-electron chi connectivity index (χ2n) is 15.7. The Bertz CT molecular complexity index is 2460. The van der Waals surface area contributed by atoms with Gasteiger partial charge < -0.3 is 4.90 Å². The Morgan fingerprint density at radius 2 is 0.840 bits per heavy atom. The zero-order valence-electron chi connectivity index (χ0n) is 31.7. The minimum atomic E-state index is -0.287. The van der Waals surface area contributed by atoms with E-state index in [9.17, 15) is 2.74 Å². The molecule has 9 rings (SSSR count). The molecule has 0 aliphatic heterocycles. The Balaban J connectivity index is 1.08. The van der Waals surface area contributed by atoms with Gasteiger partial charge >= 0.3 is 0 Å². The number of hydrogen-bond donors (Lipinski definition) is 0. The van der Waals surface area contributed by atoms with Gasteiger partial charge in [0.1, 0.15) is 0 Å². The van der Waals surface area contributed by atoms with E-state index in [1.807, 2.05) is 6.07 Å². The monoisotopic (exact) mass is 647 g/mol. The van der Waals surface area contributed by atoms with Crippen LogP contribution in [-0.2, 0) is 16.2 Å². The van der Waals surface area contributed by atoms with Crippen molar-refractivity contribution in [3.05, 3.63) is 184 Å². The van der Waals surface area contributed by atoms with Gasteiger partial charge in [-0.15, -0.1) is 0 Å². The summed E-state index contributed by atoms with van der Waals surface area (Å²) in [6.45, 7) is 13.9. The van der Waals surface area contributed by atoms with Crippen molar-refractivity contribution < 1.29 is 2.74 Å². The summed E-state index contributed by atoms with van der Waals surface area (Å²) >= 11 is 0. The van der Waals surface area contributed by atoms with Crippen LogP contribution in [-0.4, -0.2) is 0 Å². The van der Waals surface area contributed by atoms with Gasteiger partial charge in [0.25, 0.3) is 0 Å². The first kappa shape index (κ1) is 28.4. The minimum absolute atomic E-state index is 0.0902. The Kier molecular flexibility index (Phi) is 6.14. The van der Waals surface area contributed by atoms with E-state index in [0.717, 1.165) is 28.2 Å². The van der Waals surface area contributed by atoms with Gasteiger partial charge in [0.05, 0.1) is 2.74 Å². The fourth-order valence-electron chi connectivity index (χ4n) is 9.13. The molecule has 50 heavy (non-hydrogen) atoms. The third-order valence-electron chi connectivity index (χ3n) is 11.6. The number of hydrogen-bond acceptors (Lipinski definition) is 1. The molecule has 0 heterocycles. The molecule has 0 spiro atoms. The van der Waals surface area contributed by atoms with Gasteiger partial charge in [0, 0.05) is 33.3 Å². The lowest BCUT2D eigenvalue weighted by Gasteiger charge is -2.28. The summed E-state index contributed by atoms with van der Waals surface area (Å²) in [4.78, 5) is 2.31. The van der Waals surface area contributed by atoms with Crippen molar-refractivity contribution in [3.63, 3.8) is 0 Å². The summed E-state index contributed by atoms with van der Waals surface area (Å²) in [7, 11) is 0. The standard InChI is InChI=1S/C49H43N/c1-47(2)42-29-32(21-22-33-24-27-40-43(30-33)49(5,6)45-39-19-13-14-20-41(39)48(3,4)46(40)45)23-26-37(42)38-28-25-36(31-44(38)47)50(34-15-9-7-10-16-34)35-17-11-8-12-18-35/h7-31H,1-6H3/b22-21+/i21D,22D. The molecule has 0 bridgehead atoms. The molecular weight excluding hydrogens is 603 g/mol. The van der Waals surface area contributed by atoms with Crippen molar-refractivity contribution in [1.82, 2.24) is 0 Å². The van der Waals surface area contributed by atoms with E-state index in [4.69, 9.17) is 0 Å². The van der Waals surface area contributed by atoms with E-state index >= 15 is 0 Å². The third kappa shape index (κ3) is 4.39. The van der Waals surface area contributed by atoms with Crippen LogP contribution in [0.2, 0.25) is 0 Å². The van der Waals surface area contributed by atoms with Crippen molar-refractivity contribution in [2.75, 3.05) is 4.90 Å². The first-order valence-corrected chi connectivity index (χ1v) is 17.8. The van der Waals surface area contributed by atoms with Gasteiger partial charge in [-0.05, 0) is 103 Å². The van der Waals surface area contributed by atoms with Crippen LogP contribution in [0.3, 0.4) is 0 Å². The van der Waals surface area contributed by atoms with E-state index in [-0.39, 0.29) is 28.3 Å². The highest BCUT2D eigenvalue weighted by Crippen LogP contribution is 2.62. The molecule has 0 amide bonds. The molecule has 0 aromatic heterocycles. The van der Waals surface area contributed by atoms with E-state index in [1.54, 1.807) is 0 Å². The van der Waals surface area contributed by atoms with Crippen LogP contribution >= 0.6 is 0 Å². The molecule has 3 aliphatic rings. The van der Waals surface area contributed by atoms with Crippen LogP contribution in [0.15, 0.2) is 140 Å². The first-order chi connectivity index (χ1) is 24.9. The maximum atomic E-state index is 9.35. The molecule has 0 saturated carbocycles. The molecule has 244 valence electrons. The molecule has 6 aromatic carbocycles. The highest BCUT2D eigenvalue weighted by atomic mass is 15.1. The molecule has 1 nitrogen and oxygen atoms in total. The fraction of sp³-hybridized carbons (Fsp3) is 0.184.